The monoisotopic (exact) mass is 271 g/mol. The summed E-state index contributed by atoms with van der Waals surface area (Å²) in [5.41, 5.74) is 0. The summed E-state index contributed by atoms with van der Waals surface area (Å²) < 4.78 is 5.65. The lowest BCUT2D eigenvalue weighted by molar-refractivity contribution is -0.130. The molecule has 0 aromatic carbocycles. The molecule has 1 amide bonds. The van der Waals surface area contributed by atoms with Gasteiger partial charge in [0.2, 0.25) is 5.91 Å². The smallest absolute Gasteiger partial charge is 0.234 e. The number of aliphatic hydroxyl groups excluding tert-OH is 2. The van der Waals surface area contributed by atoms with Gasteiger partial charge < -0.3 is 19.5 Å². The number of hydrogen-bond donors (Lipinski definition) is 2. The summed E-state index contributed by atoms with van der Waals surface area (Å²) in [6.07, 6.45) is -0.0966. The zero-order valence-electron chi connectivity index (χ0n) is 10.2. The van der Waals surface area contributed by atoms with E-state index in [1.807, 2.05) is 19.1 Å². The Morgan fingerprint density at radius 1 is 1.61 bits per heavy atom. The predicted molar refractivity (Wildman–Crippen MR) is 68.1 cm³/mol. The van der Waals surface area contributed by atoms with E-state index >= 15 is 0 Å². The lowest BCUT2D eigenvalue weighted by Crippen LogP contribution is -2.36. The minimum absolute atomic E-state index is 0.0352. The number of amides is 1. The second kappa shape index (κ2) is 5.77. The van der Waals surface area contributed by atoms with Gasteiger partial charge in [-0.1, -0.05) is 6.92 Å². The molecule has 0 aliphatic carbocycles. The summed E-state index contributed by atoms with van der Waals surface area (Å²) in [5, 5.41) is 18.1. The standard InChI is InChI=1S/C12H17NO4S/c1-2-9-3-4-10(17-9)12-13(5-8(15)6-14)11(16)7-18-12/h3-4,8,12,14-15H,2,5-7H2,1H3/t8-,12?/m0/s1. The normalized spacial score (nSPS) is 21.6. The first-order valence-electron chi connectivity index (χ1n) is 5.94. The zero-order chi connectivity index (χ0) is 13.1. The average molecular weight is 271 g/mol. The van der Waals surface area contributed by atoms with E-state index in [0.29, 0.717) is 5.75 Å². The fourth-order valence-electron chi connectivity index (χ4n) is 1.89. The highest BCUT2D eigenvalue weighted by molar-refractivity contribution is 8.00. The van der Waals surface area contributed by atoms with Crippen LogP contribution in [0.25, 0.3) is 0 Å². The number of thioether (sulfide) groups is 1. The quantitative estimate of drug-likeness (QED) is 0.827. The molecule has 2 atom stereocenters. The summed E-state index contributed by atoms with van der Waals surface area (Å²) in [6, 6.07) is 3.77. The first-order valence-corrected chi connectivity index (χ1v) is 6.99. The van der Waals surface area contributed by atoms with Gasteiger partial charge in [0.1, 0.15) is 16.9 Å². The Morgan fingerprint density at radius 2 is 2.39 bits per heavy atom. The van der Waals surface area contributed by atoms with Crippen molar-refractivity contribution in [3.8, 4) is 0 Å². The van der Waals surface area contributed by atoms with E-state index < -0.39 is 6.10 Å². The van der Waals surface area contributed by atoms with Crippen LogP contribution in [-0.4, -0.2) is 46.0 Å². The average Bonchev–Trinajstić information content (AvgIpc) is 2.97. The molecule has 100 valence electrons. The molecule has 0 radical (unpaired) electrons. The third-order valence-corrected chi connectivity index (χ3v) is 4.08. The zero-order valence-corrected chi connectivity index (χ0v) is 11.0. The minimum atomic E-state index is -0.907. The Balaban J connectivity index is 2.13. The molecular weight excluding hydrogens is 254 g/mol. The fraction of sp³-hybridized carbons (Fsp3) is 0.583. The molecule has 1 aliphatic rings. The van der Waals surface area contributed by atoms with E-state index in [1.54, 1.807) is 4.90 Å². The molecule has 6 heteroatoms. The maximum Gasteiger partial charge on any atom is 0.234 e. The molecule has 0 spiro atoms. The van der Waals surface area contributed by atoms with Crippen molar-refractivity contribution >= 4 is 17.7 Å². The second-order valence-corrected chi connectivity index (χ2v) is 5.27. The molecule has 1 aliphatic heterocycles. The van der Waals surface area contributed by atoms with Gasteiger partial charge in [-0.2, -0.15) is 0 Å². The van der Waals surface area contributed by atoms with Gasteiger partial charge in [0, 0.05) is 6.42 Å². The van der Waals surface area contributed by atoms with Crippen LogP contribution in [0.15, 0.2) is 16.5 Å². The van der Waals surface area contributed by atoms with Gasteiger partial charge in [0.05, 0.1) is 25.0 Å². The highest BCUT2D eigenvalue weighted by atomic mass is 32.2. The summed E-state index contributed by atoms with van der Waals surface area (Å²) in [4.78, 5) is 13.3. The molecule has 1 aromatic heterocycles. The van der Waals surface area contributed by atoms with Gasteiger partial charge in [-0.15, -0.1) is 11.8 Å². The summed E-state index contributed by atoms with van der Waals surface area (Å²) >= 11 is 1.48. The summed E-state index contributed by atoms with van der Waals surface area (Å²) in [6.45, 7) is 1.79. The Bertz CT molecular complexity index is 420. The summed E-state index contributed by atoms with van der Waals surface area (Å²) in [7, 11) is 0. The molecule has 2 heterocycles. The van der Waals surface area contributed by atoms with E-state index in [0.717, 1.165) is 17.9 Å². The van der Waals surface area contributed by atoms with Crippen LogP contribution in [0, 0.1) is 0 Å². The molecule has 0 saturated carbocycles. The molecule has 18 heavy (non-hydrogen) atoms. The molecule has 1 aromatic rings. The highest BCUT2D eigenvalue weighted by Crippen LogP contribution is 2.39. The van der Waals surface area contributed by atoms with Gasteiger partial charge in [-0.05, 0) is 12.1 Å². The molecule has 2 N–H and O–H groups in total. The molecule has 5 nitrogen and oxygen atoms in total. The predicted octanol–water partition coefficient (Wildman–Crippen LogP) is 0.769. The Hall–Kier alpha value is -0.980. The van der Waals surface area contributed by atoms with Crippen molar-refractivity contribution in [3.05, 3.63) is 23.7 Å². The fourth-order valence-corrected chi connectivity index (χ4v) is 3.03. The lowest BCUT2D eigenvalue weighted by Gasteiger charge is -2.24. The van der Waals surface area contributed by atoms with Crippen molar-refractivity contribution in [2.24, 2.45) is 0 Å². The number of β-amino-alcohol motifs (C(OH)–C–C–N with tert-alkyl or cyclic N) is 1. The number of carbonyl (C=O) groups excluding carboxylic acids is 1. The van der Waals surface area contributed by atoms with Gasteiger partial charge >= 0.3 is 0 Å². The number of aryl methyl sites for hydroxylation is 1. The lowest BCUT2D eigenvalue weighted by atomic mass is 10.3. The van der Waals surface area contributed by atoms with Gasteiger partial charge in [-0.3, -0.25) is 4.79 Å². The number of furan rings is 1. The van der Waals surface area contributed by atoms with Crippen LogP contribution in [0.5, 0.6) is 0 Å². The second-order valence-electron chi connectivity index (χ2n) is 4.20. The van der Waals surface area contributed by atoms with Crippen molar-refractivity contribution < 1.29 is 19.4 Å². The number of aliphatic hydroxyl groups is 2. The number of nitrogens with zero attached hydrogens (tertiary/aromatic N) is 1. The molecule has 1 fully saturated rings. The van der Waals surface area contributed by atoms with E-state index in [-0.39, 0.29) is 24.4 Å². The Morgan fingerprint density at radius 3 is 3.00 bits per heavy atom. The largest absolute Gasteiger partial charge is 0.463 e. The highest BCUT2D eigenvalue weighted by Gasteiger charge is 2.35. The van der Waals surface area contributed by atoms with Crippen LogP contribution in [0.2, 0.25) is 0 Å². The number of hydrogen-bond acceptors (Lipinski definition) is 5. The topological polar surface area (TPSA) is 73.9 Å². The Kier molecular flexibility index (Phi) is 4.31. The number of carbonyl (C=O) groups is 1. The molecule has 1 saturated heterocycles. The van der Waals surface area contributed by atoms with Crippen LogP contribution in [0.3, 0.4) is 0 Å². The Labute approximate surface area is 110 Å². The van der Waals surface area contributed by atoms with E-state index in [4.69, 9.17) is 9.52 Å². The summed E-state index contributed by atoms with van der Waals surface area (Å²) in [5.74, 6) is 1.96. The minimum Gasteiger partial charge on any atom is -0.463 e. The van der Waals surface area contributed by atoms with Crippen molar-refractivity contribution in [1.29, 1.82) is 0 Å². The molecule has 1 unspecified atom stereocenters. The third-order valence-electron chi connectivity index (χ3n) is 2.86. The molecule has 2 rings (SSSR count). The van der Waals surface area contributed by atoms with Crippen LogP contribution >= 0.6 is 11.8 Å². The molecule has 0 bridgehead atoms. The van der Waals surface area contributed by atoms with Crippen LogP contribution < -0.4 is 0 Å². The molecular formula is C12H17NO4S. The van der Waals surface area contributed by atoms with Crippen molar-refractivity contribution in [1.82, 2.24) is 4.90 Å². The van der Waals surface area contributed by atoms with Crippen molar-refractivity contribution in [2.75, 3.05) is 18.9 Å². The van der Waals surface area contributed by atoms with Crippen LogP contribution in [0.4, 0.5) is 0 Å². The van der Waals surface area contributed by atoms with E-state index in [9.17, 15) is 9.90 Å². The van der Waals surface area contributed by atoms with Gasteiger partial charge in [0.25, 0.3) is 0 Å². The van der Waals surface area contributed by atoms with E-state index in [2.05, 4.69) is 0 Å². The maximum absolute atomic E-state index is 11.8. The third kappa shape index (κ3) is 2.71. The van der Waals surface area contributed by atoms with E-state index in [1.165, 1.54) is 11.8 Å². The number of rotatable bonds is 5. The first kappa shape index (κ1) is 13.5. The maximum atomic E-state index is 11.8. The first-order chi connectivity index (χ1) is 8.65. The van der Waals surface area contributed by atoms with Crippen LogP contribution in [0.1, 0.15) is 23.8 Å². The SMILES string of the molecule is CCc1ccc(C2SCC(=O)N2C[C@H](O)CO)o1. The van der Waals surface area contributed by atoms with Gasteiger partial charge in [-0.25, -0.2) is 0 Å². The van der Waals surface area contributed by atoms with Crippen LogP contribution in [-0.2, 0) is 11.2 Å². The van der Waals surface area contributed by atoms with Crippen molar-refractivity contribution in [2.45, 2.75) is 24.8 Å². The van der Waals surface area contributed by atoms with Gasteiger partial charge in [0.15, 0.2) is 0 Å². The van der Waals surface area contributed by atoms with Crippen molar-refractivity contribution in [3.63, 3.8) is 0 Å².